The Hall–Kier alpha value is -3.15. The van der Waals surface area contributed by atoms with Crippen molar-refractivity contribution in [2.24, 2.45) is 5.92 Å². The molecule has 6 heteroatoms. The molecule has 0 unspecified atom stereocenters. The van der Waals surface area contributed by atoms with Crippen molar-refractivity contribution in [2.75, 3.05) is 24.5 Å². The highest BCUT2D eigenvalue weighted by molar-refractivity contribution is 5.76. The minimum atomic E-state index is -0.00673. The normalized spacial score (nSPS) is 15.5. The van der Waals surface area contributed by atoms with Crippen LogP contribution in [0.1, 0.15) is 50.5 Å². The number of amides is 1. The molecule has 0 aliphatic carbocycles. The Kier molecular flexibility index (Phi) is 7.20. The van der Waals surface area contributed by atoms with Gasteiger partial charge in [0.15, 0.2) is 0 Å². The Morgan fingerprint density at radius 1 is 1.12 bits per heavy atom. The van der Waals surface area contributed by atoms with Gasteiger partial charge < -0.3 is 14.7 Å². The first-order valence-electron chi connectivity index (χ1n) is 11.6. The predicted octanol–water partition coefficient (Wildman–Crippen LogP) is 4.83. The maximum absolute atomic E-state index is 12.2. The van der Waals surface area contributed by atoms with Gasteiger partial charge in [-0.15, -0.1) is 0 Å². The number of rotatable bonds is 8. The van der Waals surface area contributed by atoms with Crippen molar-refractivity contribution < 1.29 is 9.32 Å². The number of nitrogens with zero attached hydrogens (tertiary/aromatic N) is 3. The molecule has 2 heterocycles. The molecule has 0 radical (unpaired) electrons. The molecular formula is C26H32N4O2. The molecule has 1 aromatic heterocycles. The van der Waals surface area contributed by atoms with Crippen molar-refractivity contribution in [3.8, 4) is 11.4 Å². The highest BCUT2D eigenvalue weighted by Gasteiger charge is 2.17. The molecule has 0 bridgehead atoms. The number of carbonyl (C=O) groups excluding carboxylic acids is 1. The largest absolute Gasteiger partial charge is 0.372 e. The van der Waals surface area contributed by atoms with Crippen molar-refractivity contribution in [1.82, 2.24) is 15.5 Å². The summed E-state index contributed by atoms with van der Waals surface area (Å²) in [5.41, 5.74) is 3.39. The average molecular weight is 433 g/mol. The number of aryl methyl sites for hydroxylation is 1. The lowest BCUT2D eigenvalue weighted by Gasteiger charge is -2.32. The van der Waals surface area contributed by atoms with Gasteiger partial charge >= 0.3 is 0 Å². The number of anilines is 1. The Morgan fingerprint density at radius 2 is 1.84 bits per heavy atom. The average Bonchev–Trinajstić information content (AvgIpc) is 3.31. The number of carbonyl (C=O) groups is 1. The maximum atomic E-state index is 12.2. The van der Waals surface area contributed by atoms with Crippen molar-refractivity contribution in [3.63, 3.8) is 0 Å². The molecule has 1 fully saturated rings. The summed E-state index contributed by atoms with van der Waals surface area (Å²) < 4.78 is 5.37. The van der Waals surface area contributed by atoms with Gasteiger partial charge in [-0.25, -0.2) is 0 Å². The van der Waals surface area contributed by atoms with Gasteiger partial charge in [0.25, 0.3) is 0 Å². The molecule has 1 atom stereocenters. The van der Waals surface area contributed by atoms with Crippen LogP contribution >= 0.6 is 0 Å². The molecule has 3 aromatic rings. The van der Waals surface area contributed by atoms with Crippen LogP contribution in [0.2, 0.25) is 0 Å². The summed E-state index contributed by atoms with van der Waals surface area (Å²) in [5.74, 6) is 2.13. The van der Waals surface area contributed by atoms with E-state index in [1.165, 1.54) is 24.1 Å². The molecule has 6 nitrogen and oxygen atoms in total. The zero-order valence-corrected chi connectivity index (χ0v) is 19.0. The smallest absolute Gasteiger partial charge is 0.227 e. The fourth-order valence-corrected chi connectivity index (χ4v) is 4.04. The fourth-order valence-electron chi connectivity index (χ4n) is 4.04. The summed E-state index contributed by atoms with van der Waals surface area (Å²) in [6, 6.07) is 18.5. The Morgan fingerprint density at radius 3 is 2.56 bits per heavy atom. The van der Waals surface area contributed by atoms with E-state index in [9.17, 15) is 4.79 Å². The number of nitrogens with one attached hydrogen (secondary N) is 1. The third kappa shape index (κ3) is 5.75. The molecule has 1 aliphatic heterocycles. The summed E-state index contributed by atoms with van der Waals surface area (Å²) in [6.45, 7) is 7.26. The summed E-state index contributed by atoms with van der Waals surface area (Å²) in [5, 5.41) is 7.10. The van der Waals surface area contributed by atoms with Gasteiger partial charge in [0, 0.05) is 43.7 Å². The van der Waals surface area contributed by atoms with E-state index in [0.29, 0.717) is 31.1 Å². The lowest BCUT2D eigenvalue weighted by atomic mass is 9.98. The molecule has 0 spiro atoms. The Labute approximate surface area is 190 Å². The molecule has 1 amide bonds. The van der Waals surface area contributed by atoms with E-state index in [-0.39, 0.29) is 11.8 Å². The number of aromatic nitrogens is 2. The van der Waals surface area contributed by atoms with Crippen molar-refractivity contribution in [3.05, 3.63) is 66.1 Å². The monoisotopic (exact) mass is 432 g/mol. The van der Waals surface area contributed by atoms with Crippen LogP contribution in [0.25, 0.3) is 11.4 Å². The SMILES string of the molecule is CC1CCN(c2ccc(-c3noc(CCC(=O)NC[C@H](C)c4ccccc4)n3)cc2)CC1. The summed E-state index contributed by atoms with van der Waals surface area (Å²) in [4.78, 5) is 19.1. The summed E-state index contributed by atoms with van der Waals surface area (Å²) >= 11 is 0. The highest BCUT2D eigenvalue weighted by atomic mass is 16.5. The zero-order valence-electron chi connectivity index (χ0n) is 19.0. The first-order chi connectivity index (χ1) is 15.6. The third-order valence-electron chi connectivity index (χ3n) is 6.28. The van der Waals surface area contributed by atoms with Crippen LogP contribution in [0, 0.1) is 5.92 Å². The topological polar surface area (TPSA) is 71.3 Å². The maximum Gasteiger partial charge on any atom is 0.227 e. The molecule has 1 saturated heterocycles. The molecule has 1 aliphatic rings. The van der Waals surface area contributed by atoms with Crippen LogP contribution < -0.4 is 10.2 Å². The zero-order chi connectivity index (χ0) is 22.3. The second kappa shape index (κ2) is 10.4. The molecule has 4 rings (SSSR count). The van der Waals surface area contributed by atoms with E-state index < -0.39 is 0 Å². The first kappa shape index (κ1) is 22.1. The van der Waals surface area contributed by atoms with Crippen LogP contribution in [0.4, 0.5) is 5.69 Å². The van der Waals surface area contributed by atoms with E-state index >= 15 is 0 Å². The van der Waals surface area contributed by atoms with Crippen molar-refractivity contribution in [2.45, 2.75) is 45.4 Å². The lowest BCUT2D eigenvalue weighted by Crippen LogP contribution is -2.32. The van der Waals surface area contributed by atoms with Crippen LogP contribution in [-0.4, -0.2) is 35.7 Å². The molecule has 0 saturated carbocycles. The molecule has 168 valence electrons. The second-order valence-electron chi connectivity index (χ2n) is 8.84. The van der Waals surface area contributed by atoms with E-state index in [4.69, 9.17) is 4.52 Å². The van der Waals surface area contributed by atoms with Crippen LogP contribution in [0.5, 0.6) is 0 Å². The number of benzene rings is 2. The lowest BCUT2D eigenvalue weighted by molar-refractivity contribution is -0.121. The predicted molar refractivity (Wildman–Crippen MR) is 127 cm³/mol. The van der Waals surface area contributed by atoms with E-state index in [1.807, 2.05) is 30.3 Å². The van der Waals surface area contributed by atoms with Gasteiger partial charge in [0.05, 0.1) is 0 Å². The van der Waals surface area contributed by atoms with Crippen LogP contribution in [0.3, 0.4) is 0 Å². The van der Waals surface area contributed by atoms with Crippen LogP contribution in [-0.2, 0) is 11.2 Å². The standard InChI is InChI=1S/C26H32N4O2/c1-19-14-16-30(17-15-19)23-10-8-22(9-11-23)26-28-25(32-29-26)13-12-24(31)27-18-20(2)21-6-4-3-5-7-21/h3-11,19-20H,12-18H2,1-2H3,(H,27,31)/t20-/m0/s1. The van der Waals surface area contributed by atoms with Gasteiger partial charge in [-0.05, 0) is 54.5 Å². The third-order valence-corrected chi connectivity index (χ3v) is 6.28. The molecule has 1 N–H and O–H groups in total. The van der Waals surface area contributed by atoms with Gasteiger partial charge in [-0.1, -0.05) is 49.3 Å². The molecular weight excluding hydrogens is 400 g/mol. The van der Waals surface area contributed by atoms with Crippen molar-refractivity contribution >= 4 is 11.6 Å². The van der Waals surface area contributed by atoms with E-state index in [1.54, 1.807) is 0 Å². The quantitative estimate of drug-likeness (QED) is 0.552. The Balaban J connectivity index is 1.25. The number of hydrogen-bond donors (Lipinski definition) is 1. The Bertz CT molecular complexity index is 992. The van der Waals surface area contributed by atoms with E-state index in [2.05, 4.69) is 58.5 Å². The first-order valence-corrected chi connectivity index (χ1v) is 11.6. The number of piperidine rings is 1. The summed E-state index contributed by atoms with van der Waals surface area (Å²) in [6.07, 6.45) is 3.25. The van der Waals surface area contributed by atoms with Crippen molar-refractivity contribution in [1.29, 1.82) is 0 Å². The molecule has 32 heavy (non-hydrogen) atoms. The fraction of sp³-hybridized carbons (Fsp3) is 0.423. The summed E-state index contributed by atoms with van der Waals surface area (Å²) in [7, 11) is 0. The van der Waals surface area contributed by atoms with Gasteiger partial charge in [0.1, 0.15) is 0 Å². The minimum Gasteiger partial charge on any atom is -0.372 e. The van der Waals surface area contributed by atoms with E-state index in [0.717, 1.165) is 24.6 Å². The van der Waals surface area contributed by atoms with Gasteiger partial charge in [0.2, 0.25) is 17.6 Å². The van der Waals surface area contributed by atoms with Crippen LogP contribution in [0.15, 0.2) is 59.1 Å². The highest BCUT2D eigenvalue weighted by Crippen LogP contribution is 2.25. The second-order valence-corrected chi connectivity index (χ2v) is 8.84. The van der Waals surface area contributed by atoms with Gasteiger partial charge in [-0.2, -0.15) is 4.98 Å². The molecule has 2 aromatic carbocycles. The van der Waals surface area contributed by atoms with Gasteiger partial charge in [-0.3, -0.25) is 4.79 Å². The number of hydrogen-bond acceptors (Lipinski definition) is 5. The minimum absolute atomic E-state index is 0.00673.